The molecule has 1 aromatic heterocycles. The average molecular weight is 286 g/mol. The minimum atomic E-state index is -4.42. The first kappa shape index (κ1) is 16.9. The predicted molar refractivity (Wildman–Crippen MR) is 62.9 cm³/mol. The molecule has 1 rings (SSSR count). The number of halogens is 4. The van der Waals surface area contributed by atoms with Gasteiger partial charge in [-0.2, -0.15) is 13.2 Å². The first-order valence-corrected chi connectivity index (χ1v) is 5.19. The zero-order valence-electron chi connectivity index (χ0n) is 9.99. The van der Waals surface area contributed by atoms with Crippen LogP contribution in [0.15, 0.2) is 12.4 Å². The van der Waals surface area contributed by atoms with Gasteiger partial charge >= 0.3 is 12.2 Å². The monoisotopic (exact) mass is 285 g/mol. The number of likely N-dealkylation sites (N-methyl/N-ethyl adjacent to an activating group) is 1. The van der Waals surface area contributed by atoms with Crippen LogP contribution >= 0.6 is 12.4 Å². The van der Waals surface area contributed by atoms with Crippen LogP contribution in [0.25, 0.3) is 0 Å². The largest absolute Gasteiger partial charge is 0.462 e. The van der Waals surface area contributed by atoms with Crippen LogP contribution in [0.2, 0.25) is 0 Å². The van der Waals surface area contributed by atoms with Gasteiger partial charge in [0, 0.05) is 18.4 Å². The first-order chi connectivity index (χ1) is 7.93. The number of ether oxygens (including phenoxy) is 1. The molecule has 0 aliphatic rings. The molecule has 0 fully saturated rings. The smallest absolute Gasteiger partial charge is 0.419 e. The van der Waals surface area contributed by atoms with Crippen molar-refractivity contribution >= 4 is 12.4 Å². The van der Waals surface area contributed by atoms with Gasteiger partial charge in [0.2, 0.25) is 0 Å². The van der Waals surface area contributed by atoms with Crippen molar-refractivity contribution in [2.45, 2.75) is 26.1 Å². The Hall–Kier alpha value is -1.08. The lowest BCUT2D eigenvalue weighted by Crippen LogP contribution is -2.31. The van der Waals surface area contributed by atoms with Gasteiger partial charge < -0.3 is 10.1 Å². The van der Waals surface area contributed by atoms with E-state index in [4.69, 9.17) is 4.74 Å². The van der Waals surface area contributed by atoms with E-state index in [0.717, 1.165) is 6.54 Å². The molecular formula is C10H15ClF3N3O. The molecule has 0 radical (unpaired) electrons. The van der Waals surface area contributed by atoms with Gasteiger partial charge in [-0.25, -0.2) is 9.97 Å². The van der Waals surface area contributed by atoms with Crippen LogP contribution in [0.4, 0.5) is 13.2 Å². The molecule has 0 aromatic carbocycles. The van der Waals surface area contributed by atoms with Crippen molar-refractivity contribution in [1.82, 2.24) is 15.3 Å². The molecular weight excluding hydrogens is 271 g/mol. The maximum atomic E-state index is 12.2. The van der Waals surface area contributed by atoms with E-state index in [2.05, 4.69) is 15.3 Å². The highest BCUT2D eigenvalue weighted by Gasteiger charge is 2.31. The van der Waals surface area contributed by atoms with Crippen LogP contribution in [-0.4, -0.2) is 29.2 Å². The molecule has 1 atom stereocenters. The Labute approximate surface area is 109 Å². The van der Waals surface area contributed by atoms with Gasteiger partial charge in [-0.1, -0.05) is 6.92 Å². The summed E-state index contributed by atoms with van der Waals surface area (Å²) in [6.45, 7) is 4.94. The van der Waals surface area contributed by atoms with Crippen molar-refractivity contribution in [3.63, 3.8) is 0 Å². The van der Waals surface area contributed by atoms with Crippen molar-refractivity contribution in [1.29, 1.82) is 0 Å². The Bertz CT molecular complexity index is 345. The van der Waals surface area contributed by atoms with Crippen LogP contribution < -0.4 is 10.1 Å². The van der Waals surface area contributed by atoms with Crippen molar-refractivity contribution in [2.24, 2.45) is 0 Å². The lowest BCUT2D eigenvalue weighted by molar-refractivity contribution is -0.138. The highest BCUT2D eigenvalue weighted by atomic mass is 35.5. The third-order valence-corrected chi connectivity index (χ3v) is 1.97. The van der Waals surface area contributed by atoms with Gasteiger partial charge in [0.05, 0.1) is 5.56 Å². The summed E-state index contributed by atoms with van der Waals surface area (Å²) in [6.07, 6.45) is -3.00. The number of rotatable bonds is 5. The second-order valence-electron chi connectivity index (χ2n) is 3.52. The molecule has 0 unspecified atom stereocenters. The number of nitrogens with one attached hydrogen (secondary N) is 1. The highest BCUT2D eigenvalue weighted by Crippen LogP contribution is 2.28. The Morgan fingerprint density at radius 3 is 2.33 bits per heavy atom. The third-order valence-electron chi connectivity index (χ3n) is 1.97. The van der Waals surface area contributed by atoms with Crippen LogP contribution in [0.5, 0.6) is 6.01 Å². The van der Waals surface area contributed by atoms with Crippen molar-refractivity contribution < 1.29 is 17.9 Å². The molecule has 0 bridgehead atoms. The fourth-order valence-electron chi connectivity index (χ4n) is 1.14. The van der Waals surface area contributed by atoms with Crippen LogP contribution in [0.3, 0.4) is 0 Å². The fraction of sp³-hybridized carbons (Fsp3) is 0.600. The highest BCUT2D eigenvalue weighted by molar-refractivity contribution is 5.85. The van der Waals surface area contributed by atoms with Crippen molar-refractivity contribution in [2.75, 3.05) is 13.2 Å². The molecule has 0 amide bonds. The normalized spacial score (nSPS) is 12.7. The fourth-order valence-corrected chi connectivity index (χ4v) is 1.14. The molecule has 18 heavy (non-hydrogen) atoms. The maximum Gasteiger partial charge on any atom is 0.419 e. The van der Waals surface area contributed by atoms with Gasteiger partial charge in [0.1, 0.15) is 6.61 Å². The summed E-state index contributed by atoms with van der Waals surface area (Å²) >= 11 is 0. The van der Waals surface area contributed by atoms with E-state index in [1.165, 1.54) is 0 Å². The van der Waals surface area contributed by atoms with Gasteiger partial charge in [0.15, 0.2) is 0 Å². The Kier molecular flexibility index (Phi) is 6.93. The third kappa shape index (κ3) is 5.50. The van der Waals surface area contributed by atoms with Crippen LogP contribution in [-0.2, 0) is 6.18 Å². The Morgan fingerprint density at radius 2 is 1.89 bits per heavy atom. The molecule has 0 aliphatic heterocycles. The van der Waals surface area contributed by atoms with E-state index in [-0.39, 0.29) is 24.5 Å². The molecule has 8 heteroatoms. The van der Waals surface area contributed by atoms with E-state index < -0.39 is 11.7 Å². The standard InChI is InChI=1S/C10H14F3N3O.ClH/c1-3-14-7(2)6-17-9-15-4-8(5-16-9)10(11,12)13;/h4-5,7,14H,3,6H2,1-2H3;1H/t7-;/m0./s1. The molecule has 0 saturated heterocycles. The zero-order valence-corrected chi connectivity index (χ0v) is 10.8. The van der Waals surface area contributed by atoms with E-state index in [0.29, 0.717) is 19.0 Å². The first-order valence-electron chi connectivity index (χ1n) is 5.19. The average Bonchev–Trinajstić information content (AvgIpc) is 2.26. The zero-order chi connectivity index (χ0) is 12.9. The lowest BCUT2D eigenvalue weighted by Gasteiger charge is -2.12. The van der Waals surface area contributed by atoms with Gasteiger partial charge in [-0.3, -0.25) is 0 Å². The van der Waals surface area contributed by atoms with E-state index >= 15 is 0 Å². The number of aromatic nitrogens is 2. The summed E-state index contributed by atoms with van der Waals surface area (Å²) in [7, 11) is 0. The summed E-state index contributed by atoms with van der Waals surface area (Å²) in [6, 6.07) is 0.0358. The molecule has 0 spiro atoms. The number of alkyl halides is 3. The van der Waals surface area contributed by atoms with Gasteiger partial charge in [-0.15, -0.1) is 12.4 Å². The van der Waals surface area contributed by atoms with Crippen molar-refractivity contribution in [3.8, 4) is 6.01 Å². The Morgan fingerprint density at radius 1 is 1.33 bits per heavy atom. The van der Waals surface area contributed by atoms with Crippen molar-refractivity contribution in [3.05, 3.63) is 18.0 Å². The minimum absolute atomic E-state index is 0. The quantitative estimate of drug-likeness (QED) is 0.902. The van der Waals surface area contributed by atoms with E-state index in [1.807, 2.05) is 13.8 Å². The number of nitrogens with zero attached hydrogens (tertiary/aromatic N) is 2. The SMILES string of the molecule is CCN[C@@H](C)COc1ncc(C(F)(F)F)cn1.Cl. The van der Waals surface area contributed by atoms with E-state index in [1.54, 1.807) is 0 Å². The summed E-state index contributed by atoms with van der Waals surface area (Å²) in [4.78, 5) is 6.99. The van der Waals surface area contributed by atoms with Crippen LogP contribution in [0.1, 0.15) is 19.4 Å². The summed E-state index contributed by atoms with van der Waals surface area (Å²) < 4.78 is 41.7. The number of hydrogen-bond donors (Lipinski definition) is 1. The molecule has 4 nitrogen and oxygen atoms in total. The molecule has 104 valence electrons. The number of hydrogen-bond acceptors (Lipinski definition) is 4. The molecule has 0 saturated carbocycles. The predicted octanol–water partition coefficient (Wildman–Crippen LogP) is 2.29. The van der Waals surface area contributed by atoms with E-state index in [9.17, 15) is 13.2 Å². The summed E-state index contributed by atoms with van der Waals surface area (Å²) in [5.74, 6) is 0. The minimum Gasteiger partial charge on any atom is -0.462 e. The lowest BCUT2D eigenvalue weighted by atomic mass is 10.3. The molecule has 0 aliphatic carbocycles. The Balaban J connectivity index is 0.00000289. The topological polar surface area (TPSA) is 47.0 Å². The second-order valence-corrected chi connectivity index (χ2v) is 3.52. The summed E-state index contributed by atoms with van der Waals surface area (Å²) in [5, 5.41) is 3.09. The maximum absolute atomic E-state index is 12.2. The molecule has 1 heterocycles. The molecule has 1 aromatic rings. The van der Waals surface area contributed by atoms with Gasteiger partial charge in [0.25, 0.3) is 0 Å². The molecule has 1 N–H and O–H groups in total. The van der Waals surface area contributed by atoms with Gasteiger partial charge in [-0.05, 0) is 13.5 Å². The second kappa shape index (κ2) is 7.38. The summed E-state index contributed by atoms with van der Waals surface area (Å²) in [5.41, 5.74) is -0.885. The van der Waals surface area contributed by atoms with Crippen LogP contribution in [0, 0.1) is 0 Å².